The predicted molar refractivity (Wildman–Crippen MR) is 82.0 cm³/mol. The molecule has 0 aliphatic heterocycles. The van der Waals surface area contributed by atoms with Gasteiger partial charge in [-0.2, -0.15) is 0 Å². The fourth-order valence-corrected chi connectivity index (χ4v) is 2.01. The van der Waals surface area contributed by atoms with Crippen molar-refractivity contribution in [3.8, 4) is 0 Å². The number of hydrogen-bond acceptors (Lipinski definition) is 2. The van der Waals surface area contributed by atoms with Gasteiger partial charge in [-0.25, -0.2) is 0 Å². The number of carbonyl (C=O) groups is 1. The quantitative estimate of drug-likeness (QED) is 0.483. The summed E-state index contributed by atoms with van der Waals surface area (Å²) >= 11 is 0. The summed E-state index contributed by atoms with van der Waals surface area (Å²) in [7, 11) is 0. The van der Waals surface area contributed by atoms with E-state index in [-0.39, 0.29) is 11.9 Å². The highest BCUT2D eigenvalue weighted by molar-refractivity contribution is 5.75. The standard InChI is InChI=1S/C17H30O2/c1-8-19-17(18)16(7)15(6)14(5)13(4)11-9-10-12(2)3/h10,13,16H,8-9,11H2,1-7H3/b15-14+. The molecule has 19 heavy (non-hydrogen) atoms. The summed E-state index contributed by atoms with van der Waals surface area (Å²) in [5.74, 6) is 0.258. The van der Waals surface area contributed by atoms with Crippen molar-refractivity contribution >= 4 is 5.97 Å². The van der Waals surface area contributed by atoms with Crippen molar-refractivity contribution in [1.82, 2.24) is 0 Å². The minimum atomic E-state index is -0.133. The Morgan fingerprint density at radius 2 is 1.68 bits per heavy atom. The monoisotopic (exact) mass is 266 g/mol. The van der Waals surface area contributed by atoms with Gasteiger partial charge in [-0.3, -0.25) is 4.79 Å². The molecular weight excluding hydrogens is 236 g/mol. The van der Waals surface area contributed by atoms with E-state index in [0.717, 1.165) is 18.4 Å². The van der Waals surface area contributed by atoms with Gasteiger partial charge in [0.05, 0.1) is 12.5 Å². The first kappa shape index (κ1) is 17.9. The maximum atomic E-state index is 11.7. The van der Waals surface area contributed by atoms with Crippen LogP contribution in [0.15, 0.2) is 22.8 Å². The van der Waals surface area contributed by atoms with Gasteiger partial charge < -0.3 is 4.74 Å². The van der Waals surface area contributed by atoms with Crippen molar-refractivity contribution in [1.29, 1.82) is 0 Å². The molecule has 0 amide bonds. The lowest BCUT2D eigenvalue weighted by molar-refractivity contribution is -0.146. The summed E-state index contributed by atoms with van der Waals surface area (Å²) in [5.41, 5.74) is 3.84. The normalized spacial score (nSPS) is 15.3. The van der Waals surface area contributed by atoms with Crippen LogP contribution in [0.3, 0.4) is 0 Å². The minimum absolute atomic E-state index is 0.115. The molecule has 0 aliphatic carbocycles. The van der Waals surface area contributed by atoms with Gasteiger partial charge in [0.1, 0.15) is 0 Å². The highest BCUT2D eigenvalue weighted by Crippen LogP contribution is 2.25. The van der Waals surface area contributed by atoms with E-state index in [9.17, 15) is 4.79 Å². The van der Waals surface area contributed by atoms with E-state index in [1.54, 1.807) is 0 Å². The van der Waals surface area contributed by atoms with Crippen LogP contribution in [0.5, 0.6) is 0 Å². The molecule has 0 spiro atoms. The van der Waals surface area contributed by atoms with E-state index in [1.165, 1.54) is 11.1 Å². The Balaban J connectivity index is 4.64. The van der Waals surface area contributed by atoms with Crippen molar-refractivity contribution in [2.75, 3.05) is 6.61 Å². The Labute approximate surface area is 118 Å². The van der Waals surface area contributed by atoms with Crippen molar-refractivity contribution in [2.45, 2.75) is 61.3 Å². The molecule has 0 aliphatic rings. The summed E-state index contributed by atoms with van der Waals surface area (Å²) < 4.78 is 5.08. The van der Waals surface area contributed by atoms with Crippen LogP contribution in [-0.4, -0.2) is 12.6 Å². The number of rotatable bonds is 7. The average molecular weight is 266 g/mol. The van der Waals surface area contributed by atoms with E-state index in [2.05, 4.69) is 33.8 Å². The second-order valence-electron chi connectivity index (χ2n) is 5.60. The van der Waals surface area contributed by atoms with Gasteiger partial charge >= 0.3 is 5.97 Å². The maximum Gasteiger partial charge on any atom is 0.312 e. The van der Waals surface area contributed by atoms with Gasteiger partial charge in [0.25, 0.3) is 0 Å². The Bertz CT molecular complexity index is 346. The average Bonchev–Trinajstić information content (AvgIpc) is 2.35. The van der Waals surface area contributed by atoms with Crippen molar-refractivity contribution in [3.63, 3.8) is 0 Å². The molecule has 0 aromatic rings. The van der Waals surface area contributed by atoms with Crippen molar-refractivity contribution < 1.29 is 9.53 Å². The van der Waals surface area contributed by atoms with Crippen LogP contribution < -0.4 is 0 Å². The molecule has 2 atom stereocenters. The lowest BCUT2D eigenvalue weighted by atomic mass is 9.88. The summed E-state index contributed by atoms with van der Waals surface area (Å²) in [6.45, 7) is 14.9. The SMILES string of the molecule is CCOC(=O)C(C)/C(C)=C(\C)C(C)CCC=C(C)C. The summed E-state index contributed by atoms with van der Waals surface area (Å²) in [6.07, 6.45) is 4.50. The number of esters is 1. The summed E-state index contributed by atoms with van der Waals surface area (Å²) in [5, 5.41) is 0. The van der Waals surface area contributed by atoms with Gasteiger partial charge in [0.2, 0.25) is 0 Å². The molecule has 2 unspecified atom stereocenters. The van der Waals surface area contributed by atoms with Gasteiger partial charge in [0, 0.05) is 0 Å². The largest absolute Gasteiger partial charge is 0.466 e. The predicted octanol–water partition coefficient (Wildman–Crippen LogP) is 4.90. The molecule has 0 bridgehead atoms. The number of ether oxygens (including phenoxy) is 1. The molecule has 0 saturated carbocycles. The van der Waals surface area contributed by atoms with Crippen LogP contribution in [0.1, 0.15) is 61.3 Å². The fourth-order valence-electron chi connectivity index (χ4n) is 2.01. The lowest BCUT2D eigenvalue weighted by Gasteiger charge is -2.19. The van der Waals surface area contributed by atoms with E-state index < -0.39 is 0 Å². The number of carbonyl (C=O) groups excluding carboxylic acids is 1. The first-order valence-corrected chi connectivity index (χ1v) is 7.28. The van der Waals surface area contributed by atoms with Crippen LogP contribution in [0.2, 0.25) is 0 Å². The fraction of sp³-hybridized carbons (Fsp3) is 0.706. The number of hydrogen-bond donors (Lipinski definition) is 0. The first-order valence-electron chi connectivity index (χ1n) is 7.28. The summed E-state index contributed by atoms with van der Waals surface area (Å²) in [4.78, 5) is 11.7. The zero-order valence-electron chi connectivity index (χ0n) is 13.7. The van der Waals surface area contributed by atoms with Crippen LogP contribution in [0, 0.1) is 11.8 Å². The molecule has 2 heteroatoms. The topological polar surface area (TPSA) is 26.3 Å². The van der Waals surface area contributed by atoms with Gasteiger partial charge in [-0.15, -0.1) is 0 Å². The van der Waals surface area contributed by atoms with Crippen LogP contribution >= 0.6 is 0 Å². The van der Waals surface area contributed by atoms with E-state index in [4.69, 9.17) is 4.74 Å². The molecule has 0 aromatic carbocycles. The van der Waals surface area contributed by atoms with E-state index in [0.29, 0.717) is 12.5 Å². The third kappa shape index (κ3) is 6.60. The first-order chi connectivity index (χ1) is 8.81. The summed E-state index contributed by atoms with van der Waals surface area (Å²) in [6, 6.07) is 0. The second kappa shape index (κ2) is 8.95. The second-order valence-corrected chi connectivity index (χ2v) is 5.60. The van der Waals surface area contributed by atoms with Crippen LogP contribution in [0.25, 0.3) is 0 Å². The molecular formula is C17H30O2. The smallest absolute Gasteiger partial charge is 0.312 e. The molecule has 0 heterocycles. The Kier molecular flexibility index (Phi) is 8.46. The highest BCUT2D eigenvalue weighted by Gasteiger charge is 2.19. The molecule has 0 N–H and O–H groups in total. The third-order valence-electron chi connectivity index (χ3n) is 3.80. The van der Waals surface area contributed by atoms with E-state index in [1.807, 2.05) is 20.8 Å². The lowest BCUT2D eigenvalue weighted by Crippen LogP contribution is -2.17. The molecule has 0 rings (SSSR count). The van der Waals surface area contributed by atoms with Crippen LogP contribution in [0.4, 0.5) is 0 Å². The van der Waals surface area contributed by atoms with Crippen molar-refractivity contribution in [2.24, 2.45) is 11.8 Å². The van der Waals surface area contributed by atoms with Crippen molar-refractivity contribution in [3.05, 3.63) is 22.8 Å². The van der Waals surface area contributed by atoms with Crippen LogP contribution in [-0.2, 0) is 9.53 Å². The minimum Gasteiger partial charge on any atom is -0.466 e. The highest BCUT2D eigenvalue weighted by atomic mass is 16.5. The Morgan fingerprint density at radius 1 is 1.11 bits per heavy atom. The van der Waals surface area contributed by atoms with Gasteiger partial charge in [0.15, 0.2) is 0 Å². The van der Waals surface area contributed by atoms with E-state index >= 15 is 0 Å². The van der Waals surface area contributed by atoms with Gasteiger partial charge in [-0.05, 0) is 60.3 Å². The Morgan fingerprint density at radius 3 is 2.16 bits per heavy atom. The zero-order valence-corrected chi connectivity index (χ0v) is 13.7. The zero-order chi connectivity index (χ0) is 15.0. The Hall–Kier alpha value is -1.05. The number of allylic oxidation sites excluding steroid dienone is 3. The maximum absolute atomic E-state index is 11.7. The molecule has 110 valence electrons. The molecule has 0 aromatic heterocycles. The molecule has 0 radical (unpaired) electrons. The third-order valence-corrected chi connectivity index (χ3v) is 3.80. The molecule has 0 fully saturated rings. The molecule has 2 nitrogen and oxygen atoms in total. The van der Waals surface area contributed by atoms with Gasteiger partial charge in [-0.1, -0.05) is 29.7 Å². The molecule has 0 saturated heterocycles.